The van der Waals surface area contributed by atoms with E-state index in [9.17, 15) is 13.2 Å². The zero-order chi connectivity index (χ0) is 21.7. The van der Waals surface area contributed by atoms with Crippen LogP contribution in [0.25, 0.3) is 0 Å². The number of para-hydroxylation sites is 1. The number of amides is 1. The van der Waals surface area contributed by atoms with Crippen molar-refractivity contribution < 1.29 is 17.9 Å². The first kappa shape index (κ1) is 22.0. The second kappa shape index (κ2) is 9.38. The molecule has 3 rings (SSSR count). The van der Waals surface area contributed by atoms with E-state index < -0.39 is 15.9 Å². The highest BCUT2D eigenvalue weighted by molar-refractivity contribution is 7.92. The molecule has 0 saturated carbocycles. The van der Waals surface area contributed by atoms with Crippen LogP contribution in [0.2, 0.25) is 10.0 Å². The number of hydrogen-bond acceptors (Lipinski definition) is 4. The summed E-state index contributed by atoms with van der Waals surface area (Å²) in [5, 5.41) is 3.35. The number of ether oxygens (including phenoxy) is 1. The summed E-state index contributed by atoms with van der Waals surface area (Å²) in [4.78, 5) is 12.1. The molecule has 0 bridgehead atoms. The van der Waals surface area contributed by atoms with Gasteiger partial charge in [-0.3, -0.25) is 9.52 Å². The van der Waals surface area contributed by atoms with Crippen molar-refractivity contribution in [2.45, 2.75) is 11.8 Å². The van der Waals surface area contributed by atoms with Crippen LogP contribution in [0.3, 0.4) is 0 Å². The van der Waals surface area contributed by atoms with Crippen molar-refractivity contribution in [2.75, 3.05) is 16.6 Å². The minimum absolute atomic E-state index is 0.0818. The Hall–Kier alpha value is -2.74. The van der Waals surface area contributed by atoms with E-state index in [1.807, 2.05) is 19.1 Å². The zero-order valence-corrected chi connectivity index (χ0v) is 18.2. The molecule has 30 heavy (non-hydrogen) atoms. The average molecular weight is 465 g/mol. The Morgan fingerprint density at radius 3 is 2.33 bits per heavy atom. The molecule has 0 heterocycles. The van der Waals surface area contributed by atoms with Gasteiger partial charge in [0.1, 0.15) is 5.75 Å². The predicted octanol–water partition coefficient (Wildman–Crippen LogP) is 5.12. The van der Waals surface area contributed by atoms with Crippen LogP contribution >= 0.6 is 23.2 Å². The number of halogens is 2. The molecule has 9 heteroatoms. The Labute approximate surface area is 184 Å². The van der Waals surface area contributed by atoms with Crippen molar-refractivity contribution in [2.24, 2.45) is 0 Å². The number of anilines is 2. The average Bonchev–Trinajstić information content (AvgIpc) is 2.71. The molecule has 3 aromatic carbocycles. The molecule has 0 aliphatic heterocycles. The number of aryl methyl sites for hydroxylation is 1. The topological polar surface area (TPSA) is 84.5 Å². The number of nitrogens with one attached hydrogen (secondary N) is 2. The fourth-order valence-electron chi connectivity index (χ4n) is 2.53. The Balaban J connectivity index is 1.59. The van der Waals surface area contributed by atoms with E-state index in [-0.39, 0.29) is 11.5 Å². The number of rotatable bonds is 7. The quantitative estimate of drug-likeness (QED) is 0.507. The smallest absolute Gasteiger partial charge is 0.262 e. The maximum atomic E-state index is 12.5. The third kappa shape index (κ3) is 5.66. The Bertz CT molecular complexity index is 1170. The lowest BCUT2D eigenvalue weighted by molar-refractivity contribution is -0.118. The van der Waals surface area contributed by atoms with E-state index >= 15 is 0 Å². The van der Waals surface area contributed by atoms with Crippen LogP contribution in [0.1, 0.15) is 5.56 Å². The van der Waals surface area contributed by atoms with E-state index in [4.69, 9.17) is 27.9 Å². The third-order valence-electron chi connectivity index (χ3n) is 4.10. The van der Waals surface area contributed by atoms with E-state index in [2.05, 4.69) is 10.0 Å². The van der Waals surface area contributed by atoms with Gasteiger partial charge in [-0.15, -0.1) is 0 Å². The van der Waals surface area contributed by atoms with Gasteiger partial charge in [0.25, 0.3) is 15.9 Å². The number of carbonyl (C=O) groups excluding carboxylic acids is 1. The van der Waals surface area contributed by atoms with Gasteiger partial charge in [0.15, 0.2) is 6.61 Å². The monoisotopic (exact) mass is 464 g/mol. The highest BCUT2D eigenvalue weighted by Crippen LogP contribution is 2.25. The van der Waals surface area contributed by atoms with Gasteiger partial charge in [-0.1, -0.05) is 41.4 Å². The molecule has 6 nitrogen and oxygen atoms in total. The molecule has 0 spiro atoms. The molecule has 0 fully saturated rings. The van der Waals surface area contributed by atoms with Crippen molar-refractivity contribution in [3.63, 3.8) is 0 Å². The SMILES string of the molecule is Cc1ccccc1NS(=O)(=O)c1ccc(OCC(=O)Nc2ccc(Cl)c(Cl)c2)cc1. The maximum Gasteiger partial charge on any atom is 0.262 e. The molecule has 2 N–H and O–H groups in total. The molecule has 0 aliphatic carbocycles. The molecule has 0 aliphatic rings. The first-order valence-electron chi connectivity index (χ1n) is 8.81. The zero-order valence-electron chi connectivity index (χ0n) is 15.9. The largest absolute Gasteiger partial charge is 0.484 e. The summed E-state index contributed by atoms with van der Waals surface area (Å²) < 4.78 is 33.1. The Kier molecular flexibility index (Phi) is 6.87. The van der Waals surface area contributed by atoms with Crippen molar-refractivity contribution >= 4 is 50.5 Å². The fraction of sp³-hybridized carbons (Fsp3) is 0.0952. The number of carbonyl (C=O) groups is 1. The lowest BCUT2D eigenvalue weighted by Crippen LogP contribution is -2.20. The van der Waals surface area contributed by atoms with Crippen LogP contribution in [-0.4, -0.2) is 20.9 Å². The maximum absolute atomic E-state index is 12.5. The van der Waals surface area contributed by atoms with Crippen LogP contribution < -0.4 is 14.8 Å². The summed E-state index contributed by atoms with van der Waals surface area (Å²) in [6, 6.07) is 17.6. The predicted molar refractivity (Wildman–Crippen MR) is 119 cm³/mol. The Morgan fingerprint density at radius 1 is 0.967 bits per heavy atom. The number of benzene rings is 3. The molecule has 0 unspecified atom stereocenters. The van der Waals surface area contributed by atoms with Crippen molar-refractivity contribution in [3.8, 4) is 5.75 Å². The molecule has 0 radical (unpaired) electrons. The van der Waals surface area contributed by atoms with Crippen LogP contribution in [0.15, 0.2) is 71.6 Å². The molecule has 3 aromatic rings. The third-order valence-corrected chi connectivity index (χ3v) is 6.22. The van der Waals surface area contributed by atoms with Gasteiger partial charge in [0, 0.05) is 5.69 Å². The second-order valence-electron chi connectivity index (χ2n) is 6.36. The standard InChI is InChI=1S/C21H18Cl2N2O4S/c1-14-4-2-3-5-20(14)25-30(27,28)17-9-7-16(8-10-17)29-13-21(26)24-15-6-11-18(22)19(23)12-15/h2-12,25H,13H2,1H3,(H,24,26). The number of sulfonamides is 1. The summed E-state index contributed by atoms with van der Waals surface area (Å²) in [5.41, 5.74) is 1.81. The van der Waals surface area contributed by atoms with Gasteiger partial charge >= 0.3 is 0 Å². The van der Waals surface area contributed by atoms with E-state index in [0.29, 0.717) is 27.2 Å². The highest BCUT2D eigenvalue weighted by atomic mass is 35.5. The minimum atomic E-state index is -3.74. The first-order valence-corrected chi connectivity index (χ1v) is 11.0. The molecule has 0 atom stereocenters. The lowest BCUT2D eigenvalue weighted by Gasteiger charge is -2.11. The Morgan fingerprint density at radius 2 is 1.67 bits per heavy atom. The van der Waals surface area contributed by atoms with Crippen molar-refractivity contribution in [1.82, 2.24) is 0 Å². The molecule has 1 amide bonds. The van der Waals surface area contributed by atoms with Gasteiger partial charge in [-0.05, 0) is 61.0 Å². The summed E-state index contributed by atoms with van der Waals surface area (Å²) in [6.45, 7) is 1.56. The summed E-state index contributed by atoms with van der Waals surface area (Å²) >= 11 is 11.8. The van der Waals surface area contributed by atoms with Gasteiger partial charge in [-0.2, -0.15) is 0 Å². The van der Waals surface area contributed by atoms with Crippen molar-refractivity contribution in [3.05, 3.63) is 82.3 Å². The number of hydrogen-bond donors (Lipinski definition) is 2. The molecular formula is C21H18Cl2N2O4S. The van der Waals surface area contributed by atoms with Crippen LogP contribution in [0.4, 0.5) is 11.4 Å². The summed E-state index contributed by atoms with van der Waals surface area (Å²) in [6.07, 6.45) is 0. The highest BCUT2D eigenvalue weighted by Gasteiger charge is 2.15. The van der Waals surface area contributed by atoms with Crippen LogP contribution in [-0.2, 0) is 14.8 Å². The summed E-state index contributed by atoms with van der Waals surface area (Å²) in [7, 11) is -3.74. The molecule has 156 valence electrons. The van der Waals surface area contributed by atoms with Crippen LogP contribution in [0, 0.1) is 6.92 Å². The lowest BCUT2D eigenvalue weighted by atomic mass is 10.2. The van der Waals surface area contributed by atoms with Gasteiger partial charge in [-0.25, -0.2) is 8.42 Å². The normalized spacial score (nSPS) is 11.0. The second-order valence-corrected chi connectivity index (χ2v) is 8.85. The first-order chi connectivity index (χ1) is 14.2. The fourth-order valence-corrected chi connectivity index (χ4v) is 3.95. The van der Waals surface area contributed by atoms with Gasteiger partial charge in [0.05, 0.1) is 20.6 Å². The molecule has 0 aromatic heterocycles. The summed E-state index contributed by atoms with van der Waals surface area (Å²) in [5.74, 6) is -0.0413. The van der Waals surface area contributed by atoms with E-state index in [1.165, 1.54) is 30.3 Å². The van der Waals surface area contributed by atoms with E-state index in [1.54, 1.807) is 24.3 Å². The van der Waals surface area contributed by atoms with Gasteiger partial charge in [0.2, 0.25) is 0 Å². The minimum Gasteiger partial charge on any atom is -0.484 e. The molecular weight excluding hydrogens is 447 g/mol. The van der Waals surface area contributed by atoms with Crippen LogP contribution in [0.5, 0.6) is 5.75 Å². The van der Waals surface area contributed by atoms with E-state index in [0.717, 1.165) is 5.56 Å². The molecule has 0 saturated heterocycles. The van der Waals surface area contributed by atoms with Crippen molar-refractivity contribution in [1.29, 1.82) is 0 Å². The van der Waals surface area contributed by atoms with Gasteiger partial charge < -0.3 is 10.1 Å².